The van der Waals surface area contributed by atoms with Crippen LogP contribution in [0.3, 0.4) is 0 Å². The number of benzene rings is 1. The van der Waals surface area contributed by atoms with E-state index in [-0.39, 0.29) is 17.6 Å². The minimum atomic E-state index is -4.36. The summed E-state index contributed by atoms with van der Waals surface area (Å²) < 4.78 is 43.9. The maximum absolute atomic E-state index is 12.8. The maximum Gasteiger partial charge on any atom is 0.416 e. The number of halogens is 3. The Morgan fingerprint density at radius 3 is 2.38 bits per heavy atom. The Hall–Kier alpha value is -1.11. The van der Waals surface area contributed by atoms with Crippen LogP contribution in [0.25, 0.3) is 0 Å². The molecule has 21 heavy (non-hydrogen) atoms. The first-order valence-corrected chi connectivity index (χ1v) is 7.02. The number of aliphatic hydroxyl groups is 1. The number of piperidine rings is 1. The van der Waals surface area contributed by atoms with E-state index in [4.69, 9.17) is 4.74 Å². The van der Waals surface area contributed by atoms with Crippen molar-refractivity contribution in [1.82, 2.24) is 5.32 Å². The molecule has 2 heterocycles. The molecule has 1 aromatic rings. The van der Waals surface area contributed by atoms with Crippen LogP contribution in [-0.2, 0) is 16.5 Å². The second-order valence-electron chi connectivity index (χ2n) is 6.07. The van der Waals surface area contributed by atoms with Crippen molar-refractivity contribution >= 4 is 0 Å². The van der Waals surface area contributed by atoms with Crippen LogP contribution in [0, 0.1) is 6.92 Å². The lowest BCUT2D eigenvalue weighted by atomic mass is 9.77. The van der Waals surface area contributed by atoms with Gasteiger partial charge in [-0.05, 0) is 37.0 Å². The topological polar surface area (TPSA) is 41.5 Å². The standard InChI is InChI=1S/C15H18F3NO2/c1-9-4-10(2-3-13(9)15(16,17)18)14(20)5-11-7-21-8-12(6-14)19-11/h2-4,11-12,19-20H,5-8H2,1H3. The number of fused-ring (bicyclic) bond motifs is 2. The Bertz CT molecular complexity index is 532. The molecular weight excluding hydrogens is 283 g/mol. The average Bonchev–Trinajstić information content (AvgIpc) is 2.36. The maximum atomic E-state index is 12.8. The van der Waals surface area contributed by atoms with Gasteiger partial charge in [0.15, 0.2) is 0 Å². The first kappa shape index (κ1) is 14.8. The van der Waals surface area contributed by atoms with E-state index in [1.165, 1.54) is 19.1 Å². The molecule has 2 atom stereocenters. The Morgan fingerprint density at radius 1 is 1.24 bits per heavy atom. The summed E-state index contributed by atoms with van der Waals surface area (Å²) in [5, 5.41) is 14.3. The van der Waals surface area contributed by atoms with Gasteiger partial charge in [-0.25, -0.2) is 0 Å². The lowest BCUT2D eigenvalue weighted by Gasteiger charge is -2.45. The van der Waals surface area contributed by atoms with E-state index in [1.54, 1.807) is 0 Å². The van der Waals surface area contributed by atoms with E-state index < -0.39 is 17.3 Å². The van der Waals surface area contributed by atoms with Crippen molar-refractivity contribution in [3.8, 4) is 0 Å². The molecule has 2 aliphatic heterocycles. The molecule has 0 spiro atoms. The summed E-state index contributed by atoms with van der Waals surface area (Å²) in [5.41, 5.74) is -1.02. The van der Waals surface area contributed by atoms with Gasteiger partial charge in [0, 0.05) is 12.1 Å². The molecule has 2 saturated heterocycles. The highest BCUT2D eigenvalue weighted by Crippen LogP contribution is 2.39. The third kappa shape index (κ3) is 2.80. The minimum absolute atomic E-state index is 0.0464. The van der Waals surface area contributed by atoms with E-state index in [1.807, 2.05) is 0 Å². The van der Waals surface area contributed by atoms with Gasteiger partial charge in [-0.1, -0.05) is 12.1 Å². The van der Waals surface area contributed by atoms with Crippen molar-refractivity contribution in [2.24, 2.45) is 0 Å². The van der Waals surface area contributed by atoms with Gasteiger partial charge in [0.25, 0.3) is 0 Å². The zero-order valence-electron chi connectivity index (χ0n) is 11.7. The van der Waals surface area contributed by atoms with Crippen LogP contribution in [-0.4, -0.2) is 30.4 Å². The van der Waals surface area contributed by atoms with Gasteiger partial charge in [0.1, 0.15) is 0 Å². The zero-order valence-corrected chi connectivity index (χ0v) is 11.7. The van der Waals surface area contributed by atoms with Crippen LogP contribution in [0.5, 0.6) is 0 Å². The van der Waals surface area contributed by atoms with Crippen molar-refractivity contribution in [2.45, 2.75) is 43.6 Å². The Morgan fingerprint density at radius 2 is 1.86 bits per heavy atom. The molecule has 0 aliphatic carbocycles. The van der Waals surface area contributed by atoms with Crippen molar-refractivity contribution in [2.75, 3.05) is 13.2 Å². The molecule has 0 amide bonds. The lowest BCUT2D eigenvalue weighted by molar-refractivity contribution is -0.138. The van der Waals surface area contributed by atoms with Crippen molar-refractivity contribution in [3.63, 3.8) is 0 Å². The highest BCUT2D eigenvalue weighted by Gasteiger charge is 2.43. The molecular formula is C15H18F3NO2. The van der Waals surface area contributed by atoms with Gasteiger partial charge in [0.05, 0.1) is 24.4 Å². The monoisotopic (exact) mass is 301 g/mol. The molecule has 3 nitrogen and oxygen atoms in total. The zero-order chi connectivity index (χ0) is 15.3. The van der Waals surface area contributed by atoms with Crippen LogP contribution in [0.1, 0.15) is 29.5 Å². The van der Waals surface area contributed by atoms with E-state index >= 15 is 0 Å². The number of rotatable bonds is 1. The molecule has 2 N–H and O–H groups in total. The van der Waals surface area contributed by atoms with Crippen LogP contribution in [0.15, 0.2) is 18.2 Å². The lowest BCUT2D eigenvalue weighted by Crippen LogP contribution is -2.58. The van der Waals surface area contributed by atoms with Gasteiger partial charge in [-0.2, -0.15) is 13.2 Å². The fourth-order valence-electron chi connectivity index (χ4n) is 3.42. The normalized spacial score (nSPS) is 33.0. The Balaban J connectivity index is 1.91. The largest absolute Gasteiger partial charge is 0.416 e. The summed E-state index contributed by atoms with van der Waals surface area (Å²) >= 11 is 0. The first-order chi connectivity index (χ1) is 9.78. The van der Waals surface area contributed by atoms with Crippen LogP contribution < -0.4 is 5.32 Å². The average molecular weight is 301 g/mol. The predicted molar refractivity (Wildman–Crippen MR) is 70.8 cm³/mol. The van der Waals surface area contributed by atoms with Crippen molar-refractivity contribution in [1.29, 1.82) is 0 Å². The quantitative estimate of drug-likeness (QED) is 0.836. The summed E-state index contributed by atoms with van der Waals surface area (Å²) in [6.45, 7) is 2.48. The number of nitrogens with one attached hydrogen (secondary N) is 1. The highest BCUT2D eigenvalue weighted by molar-refractivity contribution is 5.36. The van der Waals surface area contributed by atoms with Crippen LogP contribution in [0.2, 0.25) is 0 Å². The van der Waals surface area contributed by atoms with Crippen LogP contribution >= 0.6 is 0 Å². The molecule has 6 heteroatoms. The fourth-order valence-corrected chi connectivity index (χ4v) is 3.42. The second kappa shape index (κ2) is 4.97. The number of alkyl halides is 3. The van der Waals surface area contributed by atoms with Crippen LogP contribution in [0.4, 0.5) is 13.2 Å². The smallest absolute Gasteiger partial charge is 0.385 e. The predicted octanol–water partition coefficient (Wildman–Crippen LogP) is 2.35. The molecule has 0 saturated carbocycles. The molecule has 0 radical (unpaired) electrons. The molecule has 2 fully saturated rings. The third-order valence-electron chi connectivity index (χ3n) is 4.35. The van der Waals surface area contributed by atoms with Gasteiger partial charge in [0.2, 0.25) is 0 Å². The number of hydrogen-bond donors (Lipinski definition) is 2. The van der Waals surface area contributed by atoms with E-state index in [0.717, 1.165) is 6.07 Å². The van der Waals surface area contributed by atoms with Crippen molar-refractivity contribution in [3.05, 3.63) is 34.9 Å². The van der Waals surface area contributed by atoms with Gasteiger partial charge >= 0.3 is 6.18 Å². The molecule has 2 unspecified atom stereocenters. The number of ether oxygens (including phenoxy) is 1. The van der Waals surface area contributed by atoms with Gasteiger partial charge in [-0.3, -0.25) is 0 Å². The first-order valence-electron chi connectivity index (χ1n) is 7.02. The molecule has 1 aromatic carbocycles. The fraction of sp³-hybridized carbons (Fsp3) is 0.600. The van der Waals surface area contributed by atoms with E-state index in [0.29, 0.717) is 31.6 Å². The summed E-state index contributed by atoms with van der Waals surface area (Å²) in [5.74, 6) is 0. The number of morpholine rings is 1. The SMILES string of the molecule is Cc1cc(C2(O)CC3COCC(C2)N3)ccc1C(F)(F)F. The Kier molecular flexibility index (Phi) is 3.50. The van der Waals surface area contributed by atoms with Crippen molar-refractivity contribution < 1.29 is 23.0 Å². The summed E-state index contributed by atoms with van der Waals surface area (Å²) in [6, 6.07) is 4.02. The molecule has 2 bridgehead atoms. The second-order valence-corrected chi connectivity index (χ2v) is 6.07. The number of aryl methyl sites for hydroxylation is 1. The minimum Gasteiger partial charge on any atom is -0.385 e. The summed E-state index contributed by atoms with van der Waals surface area (Å²) in [4.78, 5) is 0. The van der Waals surface area contributed by atoms with Gasteiger partial charge in [-0.15, -0.1) is 0 Å². The third-order valence-corrected chi connectivity index (χ3v) is 4.35. The Labute approximate surface area is 121 Å². The number of hydrogen-bond acceptors (Lipinski definition) is 3. The summed E-state index contributed by atoms with van der Waals surface area (Å²) in [6.07, 6.45) is -3.45. The molecule has 116 valence electrons. The van der Waals surface area contributed by atoms with E-state index in [2.05, 4.69) is 5.32 Å². The molecule has 2 aliphatic rings. The molecule has 0 aromatic heterocycles. The molecule has 3 rings (SSSR count). The summed E-state index contributed by atoms with van der Waals surface area (Å²) in [7, 11) is 0. The van der Waals surface area contributed by atoms with Gasteiger partial charge < -0.3 is 15.2 Å². The van der Waals surface area contributed by atoms with E-state index in [9.17, 15) is 18.3 Å². The highest BCUT2D eigenvalue weighted by atomic mass is 19.4.